The predicted molar refractivity (Wildman–Crippen MR) is 78.5 cm³/mol. The van der Waals surface area contributed by atoms with Crippen LogP contribution in [0, 0.1) is 0 Å². The van der Waals surface area contributed by atoms with E-state index < -0.39 is 0 Å². The van der Waals surface area contributed by atoms with Gasteiger partial charge in [0.25, 0.3) is 0 Å². The van der Waals surface area contributed by atoms with Crippen molar-refractivity contribution in [2.45, 2.75) is 16.0 Å². The molecule has 0 radical (unpaired) electrons. The van der Waals surface area contributed by atoms with Crippen LogP contribution in [0.1, 0.15) is 5.56 Å². The summed E-state index contributed by atoms with van der Waals surface area (Å²) in [6.45, 7) is 0.784. The Balaban J connectivity index is 1.80. The molecule has 0 fully saturated rings. The Morgan fingerprint density at radius 1 is 1.21 bits per heavy atom. The molecule has 0 saturated carbocycles. The van der Waals surface area contributed by atoms with Crippen molar-refractivity contribution in [2.75, 3.05) is 7.05 Å². The molecular formula is C13H12N4S2. The van der Waals surface area contributed by atoms with E-state index in [0.29, 0.717) is 0 Å². The normalized spacial score (nSPS) is 11.0. The minimum atomic E-state index is 0.735. The van der Waals surface area contributed by atoms with Crippen molar-refractivity contribution < 1.29 is 0 Å². The van der Waals surface area contributed by atoms with Crippen LogP contribution in [0.15, 0.2) is 46.2 Å². The number of thiazole rings is 1. The van der Waals surface area contributed by atoms with E-state index in [2.05, 4.69) is 26.3 Å². The van der Waals surface area contributed by atoms with Gasteiger partial charge in [0, 0.05) is 24.5 Å². The first-order valence-corrected chi connectivity index (χ1v) is 7.47. The maximum absolute atomic E-state index is 4.56. The number of hydrogen-bond donors (Lipinski definition) is 1. The van der Waals surface area contributed by atoms with Gasteiger partial charge in [-0.3, -0.25) is 0 Å². The van der Waals surface area contributed by atoms with Crippen molar-refractivity contribution in [1.82, 2.24) is 20.3 Å². The number of fused-ring (bicyclic) bond motifs is 1. The standard InChI is InChI=1S/C13H12N4S2/c1-14-6-9-7-15-12(16-8-9)19-13-17-10-4-2-3-5-11(10)18-13/h2-5,7-8,14H,6H2,1H3. The lowest BCUT2D eigenvalue weighted by Gasteiger charge is -1.99. The van der Waals surface area contributed by atoms with E-state index in [4.69, 9.17) is 0 Å². The summed E-state index contributed by atoms with van der Waals surface area (Å²) < 4.78 is 2.17. The summed E-state index contributed by atoms with van der Waals surface area (Å²) in [6.07, 6.45) is 3.69. The summed E-state index contributed by atoms with van der Waals surface area (Å²) in [5.74, 6) is 0. The molecule has 2 heterocycles. The van der Waals surface area contributed by atoms with Gasteiger partial charge in [0.05, 0.1) is 10.2 Å². The highest BCUT2D eigenvalue weighted by atomic mass is 32.2. The van der Waals surface area contributed by atoms with E-state index in [0.717, 1.165) is 27.1 Å². The minimum Gasteiger partial charge on any atom is -0.316 e. The molecule has 0 aliphatic carbocycles. The molecule has 0 saturated heterocycles. The molecule has 0 amide bonds. The van der Waals surface area contributed by atoms with Crippen molar-refractivity contribution in [3.63, 3.8) is 0 Å². The molecule has 0 aliphatic rings. The third-order valence-electron chi connectivity index (χ3n) is 2.52. The molecule has 6 heteroatoms. The minimum absolute atomic E-state index is 0.735. The highest BCUT2D eigenvalue weighted by Gasteiger charge is 2.07. The van der Waals surface area contributed by atoms with Gasteiger partial charge in [0.2, 0.25) is 0 Å². The number of hydrogen-bond acceptors (Lipinski definition) is 6. The fraction of sp³-hybridized carbons (Fsp3) is 0.154. The zero-order valence-corrected chi connectivity index (χ0v) is 12.0. The van der Waals surface area contributed by atoms with Crippen LogP contribution in [0.4, 0.5) is 0 Å². The van der Waals surface area contributed by atoms with Gasteiger partial charge in [-0.25, -0.2) is 15.0 Å². The first kappa shape index (κ1) is 12.5. The second kappa shape index (κ2) is 5.64. The Bertz CT molecular complexity index is 645. The maximum Gasteiger partial charge on any atom is 0.194 e. The number of nitrogens with zero attached hydrogens (tertiary/aromatic N) is 3. The number of aromatic nitrogens is 3. The molecule has 1 aromatic carbocycles. The van der Waals surface area contributed by atoms with Crippen LogP contribution in [0.2, 0.25) is 0 Å². The third-order valence-corrected chi connectivity index (χ3v) is 4.51. The maximum atomic E-state index is 4.56. The summed E-state index contributed by atoms with van der Waals surface area (Å²) in [5.41, 5.74) is 2.11. The highest BCUT2D eigenvalue weighted by molar-refractivity contribution is 8.01. The first-order valence-electron chi connectivity index (χ1n) is 5.84. The molecule has 0 spiro atoms. The van der Waals surface area contributed by atoms with Crippen molar-refractivity contribution in [1.29, 1.82) is 0 Å². The van der Waals surface area contributed by atoms with E-state index in [9.17, 15) is 0 Å². The fourth-order valence-electron chi connectivity index (χ4n) is 1.66. The molecule has 2 aromatic heterocycles. The van der Waals surface area contributed by atoms with E-state index in [1.54, 1.807) is 11.3 Å². The van der Waals surface area contributed by atoms with Gasteiger partial charge in [-0.05, 0) is 30.9 Å². The lowest BCUT2D eigenvalue weighted by atomic mass is 10.3. The molecule has 19 heavy (non-hydrogen) atoms. The molecule has 0 atom stereocenters. The van der Waals surface area contributed by atoms with Crippen LogP contribution in [0.25, 0.3) is 10.2 Å². The number of nitrogens with one attached hydrogen (secondary N) is 1. The smallest absolute Gasteiger partial charge is 0.194 e. The SMILES string of the molecule is CNCc1cnc(Sc2nc3ccccc3s2)nc1. The Hall–Kier alpha value is -1.50. The van der Waals surface area contributed by atoms with E-state index in [1.807, 2.05) is 37.6 Å². The number of para-hydroxylation sites is 1. The molecule has 0 aliphatic heterocycles. The summed E-state index contributed by atoms with van der Waals surface area (Å²) >= 11 is 3.17. The monoisotopic (exact) mass is 288 g/mol. The molecule has 1 N–H and O–H groups in total. The van der Waals surface area contributed by atoms with E-state index in [1.165, 1.54) is 16.5 Å². The number of rotatable bonds is 4. The molecule has 3 aromatic rings. The molecule has 4 nitrogen and oxygen atoms in total. The summed E-state index contributed by atoms with van der Waals surface area (Å²) in [5, 5.41) is 3.81. The summed E-state index contributed by atoms with van der Waals surface area (Å²) in [4.78, 5) is 13.2. The third kappa shape index (κ3) is 2.91. The fourth-order valence-corrected chi connectivity index (χ4v) is 3.53. The zero-order chi connectivity index (χ0) is 13.1. The summed E-state index contributed by atoms with van der Waals surface area (Å²) in [7, 11) is 1.91. The van der Waals surface area contributed by atoms with Crippen LogP contribution in [-0.2, 0) is 6.54 Å². The average molecular weight is 288 g/mol. The van der Waals surface area contributed by atoms with Gasteiger partial charge >= 0.3 is 0 Å². The average Bonchev–Trinajstić information content (AvgIpc) is 2.83. The Labute approximate surface area is 119 Å². The topological polar surface area (TPSA) is 50.7 Å². The van der Waals surface area contributed by atoms with E-state index >= 15 is 0 Å². The van der Waals surface area contributed by atoms with Gasteiger partial charge in [0.1, 0.15) is 0 Å². The molecule has 96 valence electrons. The van der Waals surface area contributed by atoms with Gasteiger partial charge in [-0.15, -0.1) is 11.3 Å². The van der Waals surface area contributed by atoms with Gasteiger partial charge < -0.3 is 5.32 Å². The van der Waals surface area contributed by atoms with Crippen LogP contribution < -0.4 is 5.32 Å². The first-order chi connectivity index (χ1) is 9.35. The second-order valence-electron chi connectivity index (χ2n) is 3.95. The summed E-state index contributed by atoms with van der Waals surface area (Å²) in [6, 6.07) is 8.12. The molecule has 0 bridgehead atoms. The van der Waals surface area contributed by atoms with Gasteiger partial charge in [-0.2, -0.15) is 0 Å². The van der Waals surface area contributed by atoms with E-state index in [-0.39, 0.29) is 0 Å². The van der Waals surface area contributed by atoms with Gasteiger partial charge in [0.15, 0.2) is 9.50 Å². The van der Waals surface area contributed by atoms with Crippen molar-refractivity contribution in [3.8, 4) is 0 Å². The number of benzene rings is 1. The lowest BCUT2D eigenvalue weighted by molar-refractivity contribution is 0.793. The lowest BCUT2D eigenvalue weighted by Crippen LogP contribution is -2.05. The van der Waals surface area contributed by atoms with Crippen LogP contribution in [0.3, 0.4) is 0 Å². The van der Waals surface area contributed by atoms with Crippen molar-refractivity contribution >= 4 is 33.3 Å². The van der Waals surface area contributed by atoms with Crippen molar-refractivity contribution in [3.05, 3.63) is 42.2 Å². The molecular weight excluding hydrogens is 276 g/mol. The zero-order valence-electron chi connectivity index (χ0n) is 10.3. The van der Waals surface area contributed by atoms with Crippen molar-refractivity contribution in [2.24, 2.45) is 0 Å². The van der Waals surface area contributed by atoms with Crippen LogP contribution in [0.5, 0.6) is 0 Å². The molecule has 0 unspecified atom stereocenters. The quantitative estimate of drug-likeness (QED) is 0.748. The van der Waals surface area contributed by atoms with Gasteiger partial charge in [-0.1, -0.05) is 12.1 Å². The van der Waals surface area contributed by atoms with Crippen LogP contribution >= 0.6 is 23.1 Å². The van der Waals surface area contributed by atoms with Crippen LogP contribution in [-0.4, -0.2) is 22.0 Å². The predicted octanol–water partition coefficient (Wildman–Crippen LogP) is 2.96. The Morgan fingerprint density at radius 2 is 2.00 bits per heavy atom. The Kier molecular flexibility index (Phi) is 3.72. The Morgan fingerprint density at radius 3 is 2.74 bits per heavy atom. The largest absolute Gasteiger partial charge is 0.316 e. The molecule has 3 rings (SSSR count). The second-order valence-corrected chi connectivity index (χ2v) is 6.20. The highest BCUT2D eigenvalue weighted by Crippen LogP contribution is 2.32.